The molecule has 1 atom stereocenters. The van der Waals surface area contributed by atoms with Crippen LogP contribution >= 0.6 is 38.9 Å². The van der Waals surface area contributed by atoms with Crippen LogP contribution in [-0.4, -0.2) is 6.54 Å². The lowest BCUT2D eigenvalue weighted by atomic mass is 10.0. The van der Waals surface area contributed by atoms with Gasteiger partial charge in [-0.3, -0.25) is 0 Å². The van der Waals surface area contributed by atoms with Gasteiger partial charge in [-0.2, -0.15) is 0 Å². The number of thiophene rings is 1. The number of nitrogens with one attached hydrogen (secondary N) is 1. The van der Waals surface area contributed by atoms with E-state index in [2.05, 4.69) is 28.2 Å². The van der Waals surface area contributed by atoms with E-state index in [1.807, 2.05) is 17.5 Å². The smallest absolute Gasteiger partial charge is 0.127 e. The zero-order valence-electron chi connectivity index (χ0n) is 11.3. The van der Waals surface area contributed by atoms with Crippen molar-refractivity contribution in [1.29, 1.82) is 0 Å². The van der Waals surface area contributed by atoms with E-state index in [-0.39, 0.29) is 11.9 Å². The molecule has 0 aliphatic carbocycles. The van der Waals surface area contributed by atoms with Gasteiger partial charge in [0.25, 0.3) is 0 Å². The van der Waals surface area contributed by atoms with Gasteiger partial charge >= 0.3 is 0 Å². The lowest BCUT2D eigenvalue weighted by Gasteiger charge is -2.20. The summed E-state index contributed by atoms with van der Waals surface area (Å²) in [6.45, 7) is 4.75. The van der Waals surface area contributed by atoms with E-state index >= 15 is 0 Å². The normalized spacial score (nSPS) is 12.7. The fourth-order valence-corrected chi connectivity index (χ4v) is 4.00. The van der Waals surface area contributed by atoms with E-state index in [9.17, 15) is 4.39 Å². The number of halogens is 3. The van der Waals surface area contributed by atoms with Gasteiger partial charge in [-0.25, -0.2) is 4.39 Å². The first-order chi connectivity index (χ1) is 9.54. The molecule has 1 heterocycles. The summed E-state index contributed by atoms with van der Waals surface area (Å²) in [5.74, 6) is -0.266. The summed E-state index contributed by atoms with van der Waals surface area (Å²) in [5.41, 5.74) is 1.53. The average Bonchev–Trinajstić information content (AvgIpc) is 2.82. The van der Waals surface area contributed by atoms with Gasteiger partial charge in [0, 0.05) is 14.4 Å². The zero-order valence-corrected chi connectivity index (χ0v) is 14.5. The molecule has 108 valence electrons. The predicted octanol–water partition coefficient (Wildman–Crippen LogP) is 5.70. The topological polar surface area (TPSA) is 12.0 Å². The molecule has 20 heavy (non-hydrogen) atoms. The van der Waals surface area contributed by atoms with Crippen molar-refractivity contribution < 1.29 is 4.39 Å². The van der Waals surface area contributed by atoms with Crippen LogP contribution < -0.4 is 5.32 Å². The fourth-order valence-electron chi connectivity index (χ4n) is 2.04. The fraction of sp³-hybridized carbons (Fsp3) is 0.333. The molecule has 0 aliphatic heterocycles. The lowest BCUT2D eigenvalue weighted by Crippen LogP contribution is -2.23. The highest BCUT2D eigenvalue weighted by molar-refractivity contribution is 9.10. The Morgan fingerprint density at radius 3 is 2.80 bits per heavy atom. The first-order valence-corrected chi connectivity index (χ1v) is 8.51. The zero-order chi connectivity index (χ0) is 14.7. The minimum absolute atomic E-state index is 0.0175. The summed E-state index contributed by atoms with van der Waals surface area (Å²) < 4.78 is 14.6. The molecule has 1 unspecified atom stereocenters. The Bertz CT molecular complexity index is 600. The molecular formula is C15H16BrClFNS. The van der Waals surface area contributed by atoms with Crippen molar-refractivity contribution in [3.63, 3.8) is 0 Å². The molecule has 1 aromatic heterocycles. The van der Waals surface area contributed by atoms with Crippen LogP contribution in [0.5, 0.6) is 0 Å². The van der Waals surface area contributed by atoms with Crippen LogP contribution in [0.15, 0.2) is 28.1 Å². The van der Waals surface area contributed by atoms with Crippen LogP contribution in [0.1, 0.15) is 35.4 Å². The summed E-state index contributed by atoms with van der Waals surface area (Å²) in [4.78, 5) is 1.16. The van der Waals surface area contributed by atoms with Crippen LogP contribution in [0.4, 0.5) is 4.39 Å². The van der Waals surface area contributed by atoms with E-state index < -0.39 is 0 Å². The maximum Gasteiger partial charge on any atom is 0.127 e. The van der Waals surface area contributed by atoms with Crippen molar-refractivity contribution in [3.8, 4) is 0 Å². The maximum atomic E-state index is 13.6. The molecule has 0 saturated heterocycles. The Kier molecular flexibility index (Phi) is 5.61. The molecule has 0 spiro atoms. The number of aryl methyl sites for hydroxylation is 1. The SMILES string of the molecule is CCCNC(c1cc(C)c(F)cc1Cl)c1sccc1Br. The molecule has 1 N–H and O–H groups in total. The van der Waals surface area contributed by atoms with Gasteiger partial charge in [0.1, 0.15) is 5.82 Å². The third kappa shape index (κ3) is 3.42. The maximum absolute atomic E-state index is 13.6. The average molecular weight is 377 g/mol. The quantitative estimate of drug-likeness (QED) is 0.705. The van der Waals surface area contributed by atoms with Crippen LogP contribution in [0.25, 0.3) is 0 Å². The molecule has 0 fully saturated rings. The Balaban J connectivity index is 2.46. The number of hydrogen-bond acceptors (Lipinski definition) is 2. The predicted molar refractivity (Wildman–Crippen MR) is 88.3 cm³/mol. The lowest BCUT2D eigenvalue weighted by molar-refractivity contribution is 0.594. The molecule has 1 nitrogen and oxygen atoms in total. The van der Waals surface area contributed by atoms with E-state index in [0.29, 0.717) is 10.6 Å². The van der Waals surface area contributed by atoms with Crippen LogP contribution in [0.3, 0.4) is 0 Å². The molecule has 5 heteroatoms. The molecule has 0 bridgehead atoms. The van der Waals surface area contributed by atoms with E-state index in [1.54, 1.807) is 18.3 Å². The van der Waals surface area contributed by atoms with Crippen molar-refractivity contribution in [1.82, 2.24) is 5.32 Å². The molecule has 1 aromatic carbocycles. The molecular weight excluding hydrogens is 361 g/mol. The summed E-state index contributed by atoms with van der Waals surface area (Å²) >= 11 is 11.5. The highest BCUT2D eigenvalue weighted by Gasteiger charge is 2.21. The van der Waals surface area contributed by atoms with Gasteiger partial charge < -0.3 is 5.32 Å². The summed E-state index contributed by atoms with van der Waals surface area (Å²) in [5, 5.41) is 5.98. The van der Waals surface area contributed by atoms with Gasteiger partial charge in [0.2, 0.25) is 0 Å². The molecule has 0 saturated carbocycles. The van der Waals surface area contributed by atoms with Crippen molar-refractivity contribution in [2.75, 3.05) is 6.54 Å². The van der Waals surface area contributed by atoms with Gasteiger partial charge in [-0.05, 0) is 70.5 Å². The van der Waals surface area contributed by atoms with Crippen molar-refractivity contribution in [3.05, 3.63) is 54.9 Å². The van der Waals surface area contributed by atoms with E-state index in [4.69, 9.17) is 11.6 Å². The van der Waals surface area contributed by atoms with Crippen molar-refractivity contribution in [2.24, 2.45) is 0 Å². The standard InChI is InChI=1S/C15H16BrClFNS/c1-3-5-19-14(15-11(16)4-6-20-15)10-7-9(2)13(18)8-12(10)17/h4,6-8,14,19H,3,5H2,1-2H3. The molecule has 0 aliphatic rings. The third-order valence-electron chi connectivity index (χ3n) is 3.09. The Labute approximate surface area is 136 Å². The largest absolute Gasteiger partial charge is 0.306 e. The molecule has 0 radical (unpaired) electrons. The highest BCUT2D eigenvalue weighted by atomic mass is 79.9. The van der Waals surface area contributed by atoms with Gasteiger partial charge in [0.15, 0.2) is 0 Å². The van der Waals surface area contributed by atoms with Crippen molar-refractivity contribution in [2.45, 2.75) is 26.3 Å². The summed E-state index contributed by atoms with van der Waals surface area (Å²) in [6, 6.07) is 5.23. The third-order valence-corrected chi connectivity index (χ3v) is 5.36. The monoisotopic (exact) mass is 375 g/mol. The Morgan fingerprint density at radius 2 is 2.20 bits per heavy atom. The summed E-state index contributed by atoms with van der Waals surface area (Å²) in [7, 11) is 0. The number of hydrogen-bond donors (Lipinski definition) is 1. The minimum Gasteiger partial charge on any atom is -0.306 e. The van der Waals surface area contributed by atoms with Crippen LogP contribution in [-0.2, 0) is 0 Å². The van der Waals surface area contributed by atoms with E-state index in [1.165, 1.54) is 6.07 Å². The Hall–Kier alpha value is -0.420. The highest BCUT2D eigenvalue weighted by Crippen LogP contribution is 2.36. The number of rotatable bonds is 5. The number of benzene rings is 1. The van der Waals surface area contributed by atoms with Gasteiger partial charge in [-0.1, -0.05) is 18.5 Å². The second-order valence-corrected chi connectivity index (χ2v) is 6.85. The van der Waals surface area contributed by atoms with Crippen molar-refractivity contribution >= 4 is 38.9 Å². The molecule has 0 amide bonds. The van der Waals surface area contributed by atoms with Crippen LogP contribution in [0.2, 0.25) is 5.02 Å². The van der Waals surface area contributed by atoms with Gasteiger partial charge in [0.05, 0.1) is 6.04 Å². The second kappa shape index (κ2) is 7.03. The Morgan fingerprint density at radius 1 is 1.45 bits per heavy atom. The molecule has 2 aromatic rings. The molecule has 2 rings (SSSR count). The minimum atomic E-state index is -0.266. The first kappa shape index (κ1) is 16.0. The second-order valence-electron chi connectivity index (χ2n) is 4.64. The van der Waals surface area contributed by atoms with Crippen LogP contribution in [0, 0.1) is 12.7 Å². The first-order valence-electron chi connectivity index (χ1n) is 6.46. The van der Waals surface area contributed by atoms with E-state index in [0.717, 1.165) is 27.9 Å². The van der Waals surface area contributed by atoms with Gasteiger partial charge in [-0.15, -0.1) is 11.3 Å². The summed E-state index contributed by atoms with van der Waals surface area (Å²) in [6.07, 6.45) is 1.03.